The minimum atomic E-state index is -0.761. The van der Waals surface area contributed by atoms with Gasteiger partial charge in [-0.25, -0.2) is 0 Å². The van der Waals surface area contributed by atoms with Crippen LogP contribution in [0, 0.1) is 5.92 Å². The highest BCUT2D eigenvalue weighted by Crippen LogP contribution is 2.16. The molecule has 0 heterocycles. The van der Waals surface area contributed by atoms with Gasteiger partial charge in [-0.3, -0.25) is 4.79 Å². The lowest BCUT2D eigenvalue weighted by molar-refractivity contribution is -0.137. The second-order valence-corrected chi connectivity index (χ2v) is 5.28. The predicted molar refractivity (Wildman–Crippen MR) is 71.9 cm³/mol. The van der Waals surface area contributed by atoms with Crippen LogP contribution in [0.5, 0.6) is 0 Å². The first-order valence-corrected chi connectivity index (χ1v) is 6.48. The van der Waals surface area contributed by atoms with Gasteiger partial charge in [-0.05, 0) is 17.5 Å². The van der Waals surface area contributed by atoms with Crippen molar-refractivity contribution in [3.05, 3.63) is 34.3 Å². The van der Waals surface area contributed by atoms with Crippen molar-refractivity contribution in [2.75, 3.05) is 0 Å². The second kappa shape index (κ2) is 6.77. The van der Waals surface area contributed by atoms with Gasteiger partial charge in [-0.1, -0.05) is 48.0 Å². The molecule has 2 N–H and O–H groups in total. The molecule has 3 nitrogen and oxygen atoms in total. The van der Waals surface area contributed by atoms with Crippen LogP contribution in [0.25, 0.3) is 0 Å². The molecular weight excluding hydrogens is 282 g/mol. The Hall–Kier alpha value is -0.870. The average Bonchev–Trinajstić information content (AvgIpc) is 2.25. The molecule has 0 aliphatic carbocycles. The predicted octanol–water partition coefficient (Wildman–Crippen LogP) is 3.04. The highest BCUT2D eigenvalue weighted by molar-refractivity contribution is 9.10. The van der Waals surface area contributed by atoms with E-state index in [1.807, 2.05) is 38.1 Å². The molecule has 0 radical (unpaired) electrons. The highest BCUT2D eigenvalue weighted by Gasteiger charge is 2.16. The first-order valence-electron chi connectivity index (χ1n) is 5.69. The van der Waals surface area contributed by atoms with Crippen LogP contribution in [0.1, 0.15) is 25.8 Å². The van der Waals surface area contributed by atoms with E-state index in [0.717, 1.165) is 10.0 Å². The molecule has 0 saturated heterocycles. The summed E-state index contributed by atoms with van der Waals surface area (Å²) >= 11 is 3.48. The van der Waals surface area contributed by atoms with E-state index in [-0.39, 0.29) is 12.5 Å². The number of halogens is 1. The van der Waals surface area contributed by atoms with Crippen molar-refractivity contribution in [3.63, 3.8) is 0 Å². The Morgan fingerprint density at radius 1 is 1.41 bits per heavy atom. The molecule has 0 unspecified atom stereocenters. The zero-order valence-corrected chi connectivity index (χ0v) is 11.7. The molecule has 1 aromatic carbocycles. The number of carbonyl (C=O) groups is 1. The number of nitrogens with one attached hydrogen (secondary N) is 1. The minimum Gasteiger partial charge on any atom is -0.481 e. The molecule has 0 amide bonds. The topological polar surface area (TPSA) is 49.3 Å². The van der Waals surface area contributed by atoms with E-state index in [1.165, 1.54) is 0 Å². The van der Waals surface area contributed by atoms with Crippen LogP contribution in [-0.4, -0.2) is 17.1 Å². The van der Waals surface area contributed by atoms with Gasteiger partial charge in [0.25, 0.3) is 0 Å². The molecule has 17 heavy (non-hydrogen) atoms. The van der Waals surface area contributed by atoms with Crippen molar-refractivity contribution in [1.82, 2.24) is 5.32 Å². The van der Waals surface area contributed by atoms with Crippen molar-refractivity contribution >= 4 is 21.9 Å². The monoisotopic (exact) mass is 299 g/mol. The van der Waals surface area contributed by atoms with Crippen LogP contribution in [0.15, 0.2) is 28.7 Å². The number of benzene rings is 1. The first kappa shape index (κ1) is 14.2. The lowest BCUT2D eigenvalue weighted by Gasteiger charge is -2.21. The van der Waals surface area contributed by atoms with E-state index < -0.39 is 5.97 Å². The van der Waals surface area contributed by atoms with Gasteiger partial charge >= 0.3 is 5.97 Å². The van der Waals surface area contributed by atoms with Crippen molar-refractivity contribution in [2.24, 2.45) is 5.92 Å². The normalized spacial score (nSPS) is 12.7. The molecule has 0 fully saturated rings. The summed E-state index contributed by atoms with van der Waals surface area (Å²) in [5, 5.41) is 12.1. The lowest BCUT2D eigenvalue weighted by atomic mass is 10.0. The summed E-state index contributed by atoms with van der Waals surface area (Å²) < 4.78 is 1.05. The molecule has 1 aromatic rings. The smallest absolute Gasteiger partial charge is 0.304 e. The Morgan fingerprint density at radius 2 is 2.06 bits per heavy atom. The van der Waals surface area contributed by atoms with Crippen LogP contribution in [0.2, 0.25) is 0 Å². The summed E-state index contributed by atoms with van der Waals surface area (Å²) in [7, 11) is 0. The molecule has 0 aliphatic heterocycles. The van der Waals surface area contributed by atoms with E-state index in [0.29, 0.717) is 12.5 Å². The maximum Gasteiger partial charge on any atom is 0.304 e. The second-order valence-electron chi connectivity index (χ2n) is 4.42. The molecule has 0 aromatic heterocycles. The number of carboxylic acids is 1. The average molecular weight is 300 g/mol. The van der Waals surface area contributed by atoms with Gasteiger partial charge in [0, 0.05) is 17.1 Å². The molecule has 0 saturated carbocycles. The van der Waals surface area contributed by atoms with E-state index in [2.05, 4.69) is 21.2 Å². The number of hydrogen-bond donors (Lipinski definition) is 2. The minimum absolute atomic E-state index is 0.000365. The van der Waals surface area contributed by atoms with Crippen LogP contribution in [-0.2, 0) is 11.3 Å². The maximum atomic E-state index is 10.7. The summed E-state index contributed by atoms with van der Waals surface area (Å²) in [6, 6.07) is 7.95. The quantitative estimate of drug-likeness (QED) is 0.849. The Bertz CT molecular complexity index is 379. The largest absolute Gasteiger partial charge is 0.481 e. The van der Waals surface area contributed by atoms with Gasteiger partial charge in [0.05, 0.1) is 6.42 Å². The molecule has 1 atom stereocenters. The fourth-order valence-electron chi connectivity index (χ4n) is 1.61. The summed E-state index contributed by atoms with van der Waals surface area (Å²) in [6.07, 6.45) is 0.155. The molecule has 0 aliphatic rings. The zero-order chi connectivity index (χ0) is 12.8. The zero-order valence-electron chi connectivity index (χ0n) is 10.1. The van der Waals surface area contributed by atoms with Crippen molar-refractivity contribution < 1.29 is 9.90 Å². The van der Waals surface area contributed by atoms with Crippen LogP contribution < -0.4 is 5.32 Å². The van der Waals surface area contributed by atoms with Gasteiger partial charge in [-0.2, -0.15) is 0 Å². The molecule has 0 spiro atoms. The van der Waals surface area contributed by atoms with Gasteiger partial charge in [0.1, 0.15) is 0 Å². The molecule has 1 rings (SSSR count). The molecule has 94 valence electrons. The van der Waals surface area contributed by atoms with Crippen LogP contribution >= 0.6 is 15.9 Å². The Balaban J connectivity index is 2.58. The Kier molecular flexibility index (Phi) is 5.65. The molecular formula is C13H18BrNO2. The summed E-state index contributed by atoms with van der Waals surface area (Å²) in [5.41, 5.74) is 1.14. The van der Waals surface area contributed by atoms with E-state index in [1.54, 1.807) is 0 Å². The third-order valence-electron chi connectivity index (χ3n) is 2.71. The number of aliphatic carboxylic acids is 1. The summed E-state index contributed by atoms with van der Waals surface area (Å²) in [4.78, 5) is 10.7. The number of rotatable bonds is 6. The highest BCUT2D eigenvalue weighted by atomic mass is 79.9. The third-order valence-corrected chi connectivity index (χ3v) is 3.49. The number of hydrogen-bond acceptors (Lipinski definition) is 2. The molecule has 4 heteroatoms. The van der Waals surface area contributed by atoms with E-state index >= 15 is 0 Å². The van der Waals surface area contributed by atoms with Crippen molar-refractivity contribution in [3.8, 4) is 0 Å². The standard InChI is InChI=1S/C13H18BrNO2/c1-9(2)12(7-13(16)17)15-8-10-5-3-4-6-11(10)14/h3-6,9,12,15H,7-8H2,1-2H3,(H,16,17)/t12-/m1/s1. The van der Waals surface area contributed by atoms with Gasteiger partial charge in [-0.15, -0.1) is 0 Å². The van der Waals surface area contributed by atoms with Crippen LogP contribution in [0.4, 0.5) is 0 Å². The third kappa shape index (κ3) is 4.88. The Morgan fingerprint density at radius 3 is 2.59 bits per heavy atom. The van der Waals surface area contributed by atoms with Gasteiger partial charge in [0.15, 0.2) is 0 Å². The van der Waals surface area contributed by atoms with E-state index in [4.69, 9.17) is 5.11 Å². The Labute approximate surface area is 110 Å². The maximum absolute atomic E-state index is 10.7. The van der Waals surface area contributed by atoms with E-state index in [9.17, 15) is 4.79 Å². The van der Waals surface area contributed by atoms with Gasteiger partial charge < -0.3 is 10.4 Å². The lowest BCUT2D eigenvalue weighted by Crippen LogP contribution is -2.35. The van der Waals surface area contributed by atoms with Crippen molar-refractivity contribution in [2.45, 2.75) is 32.9 Å². The summed E-state index contributed by atoms with van der Waals surface area (Å²) in [6.45, 7) is 4.73. The fourth-order valence-corrected chi connectivity index (χ4v) is 2.04. The molecule has 0 bridgehead atoms. The van der Waals surface area contributed by atoms with Crippen LogP contribution in [0.3, 0.4) is 0 Å². The summed E-state index contributed by atoms with van der Waals surface area (Å²) in [5.74, 6) is -0.461. The SMILES string of the molecule is CC(C)[C@@H](CC(=O)O)NCc1ccccc1Br. The van der Waals surface area contributed by atoms with Gasteiger partial charge in [0.2, 0.25) is 0 Å². The number of carboxylic acid groups (broad SMARTS) is 1. The fraction of sp³-hybridized carbons (Fsp3) is 0.462. The van der Waals surface area contributed by atoms with Crippen molar-refractivity contribution in [1.29, 1.82) is 0 Å². The first-order chi connectivity index (χ1) is 8.00.